The van der Waals surface area contributed by atoms with Gasteiger partial charge in [0.15, 0.2) is 0 Å². The van der Waals surface area contributed by atoms with E-state index < -0.39 is 0 Å². The van der Waals surface area contributed by atoms with E-state index in [1.807, 2.05) is 18.4 Å². The molecule has 2 aromatic rings. The molecule has 2 atom stereocenters. The first-order chi connectivity index (χ1) is 17.1. The third kappa shape index (κ3) is 5.46. The second-order valence-corrected chi connectivity index (χ2v) is 9.81. The molecule has 0 radical (unpaired) electrons. The average Bonchev–Trinajstić information content (AvgIpc) is 3.10. The van der Waals surface area contributed by atoms with E-state index in [0.717, 1.165) is 67.9 Å². The van der Waals surface area contributed by atoms with Crippen LogP contribution in [-0.2, 0) is 11.3 Å². The predicted molar refractivity (Wildman–Crippen MR) is 141 cm³/mol. The number of hydrogen-bond donors (Lipinski definition) is 0. The summed E-state index contributed by atoms with van der Waals surface area (Å²) in [6.07, 6.45) is 7.11. The lowest BCUT2D eigenvalue weighted by atomic mass is 10.1. The average molecular weight is 473 g/mol. The van der Waals surface area contributed by atoms with Crippen LogP contribution in [0, 0.1) is 0 Å². The van der Waals surface area contributed by atoms with E-state index >= 15 is 0 Å². The first kappa shape index (κ1) is 23.7. The Kier molecular flexibility index (Phi) is 7.25. The van der Waals surface area contributed by atoms with Crippen molar-refractivity contribution in [3.63, 3.8) is 0 Å². The van der Waals surface area contributed by atoms with E-state index in [4.69, 9.17) is 19.7 Å². The topological polar surface area (TPSA) is 57.1 Å². The number of aliphatic imine (C=N–C) groups is 1. The zero-order valence-electron chi connectivity index (χ0n) is 21.1. The second-order valence-electron chi connectivity index (χ2n) is 9.81. The highest BCUT2D eigenvalue weighted by Gasteiger charge is 2.27. The Labute approximate surface area is 208 Å². The monoisotopic (exact) mass is 472 g/mol. The molecule has 184 valence electrons. The van der Waals surface area contributed by atoms with Crippen LogP contribution in [0.3, 0.4) is 0 Å². The quantitative estimate of drug-likeness (QED) is 0.652. The van der Waals surface area contributed by atoms with Gasteiger partial charge < -0.3 is 14.5 Å². The van der Waals surface area contributed by atoms with E-state index in [0.29, 0.717) is 19.3 Å². The van der Waals surface area contributed by atoms with Crippen LogP contribution in [0.15, 0.2) is 64.9 Å². The molecule has 3 aliphatic rings. The zero-order chi connectivity index (χ0) is 24.2. The van der Waals surface area contributed by atoms with Crippen LogP contribution in [0.25, 0.3) is 11.3 Å². The molecule has 5 rings (SSSR count). The maximum Gasteiger partial charge on any atom is 0.226 e. The largest absolute Gasteiger partial charge is 0.377 e. The zero-order valence-corrected chi connectivity index (χ0v) is 21.1. The molecule has 1 aromatic carbocycles. The summed E-state index contributed by atoms with van der Waals surface area (Å²) in [6.45, 7) is 12.7. The Morgan fingerprint density at radius 2 is 1.89 bits per heavy atom. The maximum atomic E-state index is 5.66. The van der Waals surface area contributed by atoms with Gasteiger partial charge in [-0.3, -0.25) is 4.90 Å². The Morgan fingerprint density at radius 1 is 1.03 bits per heavy atom. The summed E-state index contributed by atoms with van der Waals surface area (Å²) in [5.41, 5.74) is 4.51. The molecular formula is C28H36N6O. The molecule has 0 spiro atoms. The number of allylic oxidation sites excluding steroid dienone is 3. The van der Waals surface area contributed by atoms with Gasteiger partial charge in [-0.2, -0.15) is 0 Å². The number of benzene rings is 1. The summed E-state index contributed by atoms with van der Waals surface area (Å²) in [7, 11) is 0. The minimum Gasteiger partial charge on any atom is -0.377 e. The van der Waals surface area contributed by atoms with Gasteiger partial charge in [-0.1, -0.05) is 36.4 Å². The third-order valence-corrected chi connectivity index (χ3v) is 7.12. The minimum atomic E-state index is 0.260. The third-order valence-electron chi connectivity index (χ3n) is 7.12. The van der Waals surface area contributed by atoms with Crippen molar-refractivity contribution in [3.05, 3.63) is 65.6 Å². The fourth-order valence-corrected chi connectivity index (χ4v) is 5.08. The highest BCUT2D eigenvalue weighted by Crippen LogP contribution is 2.26. The summed E-state index contributed by atoms with van der Waals surface area (Å²) in [4.78, 5) is 22.0. The Hall–Kier alpha value is -3.03. The molecule has 2 saturated heterocycles. The molecule has 7 nitrogen and oxygen atoms in total. The van der Waals surface area contributed by atoms with Crippen molar-refractivity contribution in [2.75, 3.05) is 44.3 Å². The Bertz CT molecular complexity index is 1110. The summed E-state index contributed by atoms with van der Waals surface area (Å²) in [6, 6.07) is 13.2. The lowest BCUT2D eigenvalue weighted by Gasteiger charge is -2.41. The molecule has 1 aromatic heterocycles. The molecule has 35 heavy (non-hydrogen) atoms. The first-order valence-electron chi connectivity index (χ1n) is 12.7. The number of morpholine rings is 1. The van der Waals surface area contributed by atoms with Crippen LogP contribution in [0.4, 0.5) is 5.95 Å². The molecule has 0 aliphatic carbocycles. The fraction of sp³-hybridized carbons (Fsp3) is 0.464. The van der Waals surface area contributed by atoms with Crippen LogP contribution in [0.5, 0.6) is 0 Å². The van der Waals surface area contributed by atoms with Gasteiger partial charge in [0.1, 0.15) is 5.82 Å². The first-order valence-corrected chi connectivity index (χ1v) is 12.7. The molecule has 2 unspecified atom stereocenters. The van der Waals surface area contributed by atoms with Crippen LogP contribution < -0.4 is 4.90 Å². The van der Waals surface area contributed by atoms with Crippen LogP contribution >= 0.6 is 0 Å². The van der Waals surface area contributed by atoms with Gasteiger partial charge in [-0.15, -0.1) is 0 Å². The van der Waals surface area contributed by atoms with Crippen molar-refractivity contribution in [1.29, 1.82) is 0 Å². The number of ether oxygens (including phenoxy) is 1. The van der Waals surface area contributed by atoms with Crippen molar-refractivity contribution in [3.8, 4) is 11.3 Å². The highest BCUT2D eigenvalue weighted by molar-refractivity contribution is 5.72. The van der Waals surface area contributed by atoms with Gasteiger partial charge in [0.05, 0.1) is 30.6 Å². The van der Waals surface area contributed by atoms with Crippen LogP contribution in [-0.4, -0.2) is 77.5 Å². The molecule has 3 aliphatic heterocycles. The fourth-order valence-electron chi connectivity index (χ4n) is 5.08. The SMILES string of the molecule is CC1=C(N2CCN(Cc3cc(-c4ccccc4)nc(N4CCOCC4C)n3)C(C)C2)N=CC=CC1. The van der Waals surface area contributed by atoms with Gasteiger partial charge in [0.2, 0.25) is 5.95 Å². The van der Waals surface area contributed by atoms with Gasteiger partial charge in [-0.05, 0) is 44.9 Å². The molecule has 0 N–H and O–H groups in total. The van der Waals surface area contributed by atoms with Crippen molar-refractivity contribution in [1.82, 2.24) is 19.8 Å². The standard InChI is InChI=1S/C28H36N6O/c1-21-9-7-8-12-29-27(21)33-14-13-32(22(2)18-33)19-25-17-26(24-10-5-4-6-11-24)31-28(30-25)34-15-16-35-20-23(34)3/h4-8,10-12,17,22-23H,9,13-16,18-20H2,1-3H3. The van der Waals surface area contributed by atoms with Crippen molar-refractivity contribution in [2.24, 2.45) is 4.99 Å². The number of piperazine rings is 1. The normalized spacial score (nSPS) is 23.6. The summed E-state index contributed by atoms with van der Waals surface area (Å²) in [5, 5.41) is 0. The number of anilines is 1. The van der Waals surface area contributed by atoms with E-state index in [2.05, 4.69) is 71.9 Å². The number of aromatic nitrogens is 2. The maximum absolute atomic E-state index is 5.66. The highest BCUT2D eigenvalue weighted by atomic mass is 16.5. The number of rotatable bonds is 5. The lowest BCUT2D eigenvalue weighted by molar-refractivity contribution is 0.0944. The van der Waals surface area contributed by atoms with Crippen molar-refractivity contribution in [2.45, 2.75) is 45.8 Å². The Morgan fingerprint density at radius 3 is 2.69 bits per heavy atom. The number of hydrogen-bond acceptors (Lipinski definition) is 7. The molecule has 4 heterocycles. The van der Waals surface area contributed by atoms with Gasteiger partial charge in [0, 0.05) is 50.5 Å². The molecule has 0 saturated carbocycles. The van der Waals surface area contributed by atoms with E-state index in [9.17, 15) is 0 Å². The van der Waals surface area contributed by atoms with E-state index in [-0.39, 0.29) is 6.04 Å². The smallest absolute Gasteiger partial charge is 0.226 e. The summed E-state index contributed by atoms with van der Waals surface area (Å²) < 4.78 is 5.66. The summed E-state index contributed by atoms with van der Waals surface area (Å²) in [5.74, 6) is 1.95. The van der Waals surface area contributed by atoms with Crippen molar-refractivity contribution < 1.29 is 4.74 Å². The predicted octanol–water partition coefficient (Wildman–Crippen LogP) is 4.14. The Balaban J connectivity index is 1.37. The van der Waals surface area contributed by atoms with Gasteiger partial charge >= 0.3 is 0 Å². The van der Waals surface area contributed by atoms with Crippen LogP contribution in [0.1, 0.15) is 32.9 Å². The lowest BCUT2D eigenvalue weighted by Crippen LogP contribution is -2.51. The van der Waals surface area contributed by atoms with Gasteiger partial charge in [0.25, 0.3) is 0 Å². The van der Waals surface area contributed by atoms with Crippen molar-refractivity contribution >= 4 is 12.2 Å². The molecular weight excluding hydrogens is 436 g/mol. The van der Waals surface area contributed by atoms with Gasteiger partial charge in [-0.25, -0.2) is 15.0 Å². The second kappa shape index (κ2) is 10.7. The minimum absolute atomic E-state index is 0.260. The molecule has 7 heteroatoms. The van der Waals surface area contributed by atoms with E-state index in [1.54, 1.807) is 0 Å². The molecule has 0 bridgehead atoms. The molecule has 0 amide bonds. The molecule has 2 fully saturated rings. The number of nitrogens with zero attached hydrogens (tertiary/aromatic N) is 6. The van der Waals surface area contributed by atoms with E-state index in [1.165, 1.54) is 5.57 Å². The summed E-state index contributed by atoms with van der Waals surface area (Å²) >= 11 is 0. The van der Waals surface area contributed by atoms with Crippen LogP contribution in [0.2, 0.25) is 0 Å².